The topological polar surface area (TPSA) is 26.0 Å². The minimum absolute atomic E-state index is 0.257. The van der Waals surface area contributed by atoms with Gasteiger partial charge in [0.05, 0.1) is 5.02 Å². The molecule has 1 aliphatic carbocycles. The van der Waals surface area contributed by atoms with E-state index < -0.39 is 0 Å². The Bertz CT molecular complexity index is 334. The molecular weight excluding hydrogens is 249 g/mol. The van der Waals surface area contributed by atoms with Crippen molar-refractivity contribution < 1.29 is 0 Å². The van der Waals surface area contributed by atoms with Gasteiger partial charge in [-0.25, -0.2) is 0 Å². The van der Waals surface area contributed by atoms with Gasteiger partial charge in [-0.1, -0.05) is 17.7 Å². The van der Waals surface area contributed by atoms with Gasteiger partial charge < -0.3 is 5.73 Å². The minimum atomic E-state index is 0.257. The van der Waals surface area contributed by atoms with Crippen molar-refractivity contribution in [2.45, 2.75) is 18.3 Å². The maximum atomic E-state index is 5.92. The van der Waals surface area contributed by atoms with Gasteiger partial charge in [-0.2, -0.15) is 0 Å². The summed E-state index contributed by atoms with van der Waals surface area (Å²) in [6.07, 6.45) is 2.41. The van der Waals surface area contributed by atoms with Gasteiger partial charge in [0.15, 0.2) is 0 Å². The first-order valence-electron chi connectivity index (χ1n) is 4.33. The highest BCUT2D eigenvalue weighted by atomic mass is 79.9. The molecule has 2 N–H and O–H groups in total. The summed E-state index contributed by atoms with van der Waals surface area (Å²) in [5.74, 6) is 0. The van der Waals surface area contributed by atoms with Gasteiger partial charge in [-0.3, -0.25) is 0 Å². The van der Waals surface area contributed by atoms with Crippen LogP contribution in [0.3, 0.4) is 0 Å². The molecule has 0 atom stereocenters. The number of benzene rings is 1. The molecule has 3 heteroatoms. The molecule has 0 radical (unpaired) electrons. The van der Waals surface area contributed by atoms with Crippen LogP contribution >= 0.6 is 27.5 Å². The summed E-state index contributed by atoms with van der Waals surface area (Å²) in [5, 5.41) is 0.761. The lowest BCUT2D eigenvalue weighted by atomic mass is 9.96. The average molecular weight is 261 g/mol. The molecule has 1 aromatic rings. The lowest BCUT2D eigenvalue weighted by molar-refractivity contribution is 0.704. The Balaban J connectivity index is 2.37. The first-order chi connectivity index (χ1) is 6.18. The summed E-state index contributed by atoms with van der Waals surface area (Å²) in [7, 11) is 0. The van der Waals surface area contributed by atoms with Gasteiger partial charge >= 0.3 is 0 Å². The highest BCUT2D eigenvalue weighted by Gasteiger charge is 2.42. The zero-order chi connectivity index (χ0) is 9.47. The first kappa shape index (κ1) is 9.50. The Labute approximate surface area is 91.4 Å². The fourth-order valence-corrected chi connectivity index (χ4v) is 2.08. The average Bonchev–Trinajstić information content (AvgIpc) is 2.90. The van der Waals surface area contributed by atoms with E-state index in [0.29, 0.717) is 0 Å². The molecule has 0 bridgehead atoms. The Hall–Kier alpha value is -0.0500. The molecule has 0 unspecified atom stereocenters. The summed E-state index contributed by atoms with van der Waals surface area (Å²) in [6, 6.07) is 6.09. The van der Waals surface area contributed by atoms with E-state index in [9.17, 15) is 0 Å². The third-order valence-corrected chi connectivity index (χ3v) is 3.99. The first-order valence-corrected chi connectivity index (χ1v) is 5.51. The summed E-state index contributed by atoms with van der Waals surface area (Å²) < 4.78 is 0.964. The van der Waals surface area contributed by atoms with E-state index in [1.165, 1.54) is 18.4 Å². The minimum Gasteiger partial charge on any atom is -0.330 e. The molecule has 0 heterocycles. The lowest BCUT2D eigenvalue weighted by Crippen LogP contribution is -2.19. The van der Waals surface area contributed by atoms with E-state index in [0.717, 1.165) is 16.0 Å². The molecule has 70 valence electrons. The molecule has 1 fully saturated rings. The quantitative estimate of drug-likeness (QED) is 0.869. The zero-order valence-corrected chi connectivity index (χ0v) is 9.53. The van der Waals surface area contributed by atoms with Crippen LogP contribution in [0.5, 0.6) is 0 Å². The predicted octanol–water partition coefficient (Wildman–Crippen LogP) is 3.09. The van der Waals surface area contributed by atoms with Crippen LogP contribution in [0.25, 0.3) is 0 Å². The normalized spacial score (nSPS) is 18.7. The van der Waals surface area contributed by atoms with Gasteiger partial charge in [0.25, 0.3) is 0 Å². The van der Waals surface area contributed by atoms with Crippen LogP contribution in [0.2, 0.25) is 5.02 Å². The van der Waals surface area contributed by atoms with E-state index in [2.05, 4.69) is 28.1 Å². The van der Waals surface area contributed by atoms with Crippen LogP contribution in [0, 0.1) is 0 Å². The van der Waals surface area contributed by atoms with Crippen LogP contribution < -0.4 is 5.73 Å². The van der Waals surface area contributed by atoms with Gasteiger partial charge in [0.2, 0.25) is 0 Å². The van der Waals surface area contributed by atoms with Crippen LogP contribution in [0.15, 0.2) is 22.7 Å². The van der Waals surface area contributed by atoms with E-state index in [1.807, 2.05) is 6.07 Å². The summed E-state index contributed by atoms with van der Waals surface area (Å²) in [4.78, 5) is 0. The molecule has 1 aliphatic rings. The molecule has 0 spiro atoms. The second-order valence-corrected chi connectivity index (χ2v) is 4.87. The molecule has 0 aromatic heterocycles. The van der Waals surface area contributed by atoms with Crippen LogP contribution in [-0.2, 0) is 5.41 Å². The molecule has 0 saturated heterocycles. The molecule has 2 rings (SSSR count). The van der Waals surface area contributed by atoms with Crippen molar-refractivity contribution in [3.05, 3.63) is 33.3 Å². The molecular formula is C10H11BrClN. The molecule has 0 aliphatic heterocycles. The Morgan fingerprint density at radius 2 is 2.15 bits per heavy atom. The number of hydrogen-bond donors (Lipinski definition) is 1. The molecule has 1 saturated carbocycles. The van der Waals surface area contributed by atoms with E-state index in [-0.39, 0.29) is 5.41 Å². The standard InChI is InChI=1S/C10H11BrClN/c11-8-5-7(1-2-9(8)12)10(6-13)3-4-10/h1-2,5H,3-4,6,13H2. The largest absolute Gasteiger partial charge is 0.330 e. The van der Waals surface area contributed by atoms with Gasteiger partial charge in [0, 0.05) is 16.4 Å². The maximum Gasteiger partial charge on any atom is 0.0548 e. The Morgan fingerprint density at radius 1 is 1.46 bits per heavy atom. The summed E-state index contributed by atoms with van der Waals surface area (Å²) in [5.41, 5.74) is 7.31. The van der Waals surface area contributed by atoms with Crippen molar-refractivity contribution in [2.75, 3.05) is 6.54 Å². The van der Waals surface area contributed by atoms with E-state index in [4.69, 9.17) is 17.3 Å². The van der Waals surface area contributed by atoms with Gasteiger partial charge in [0.1, 0.15) is 0 Å². The lowest BCUT2D eigenvalue weighted by Gasteiger charge is -2.13. The molecule has 1 nitrogen and oxygen atoms in total. The van der Waals surface area contributed by atoms with Crippen molar-refractivity contribution in [3.63, 3.8) is 0 Å². The highest BCUT2D eigenvalue weighted by Crippen LogP contribution is 2.48. The molecule has 1 aromatic carbocycles. The van der Waals surface area contributed by atoms with Gasteiger partial charge in [-0.05, 0) is 46.5 Å². The highest BCUT2D eigenvalue weighted by molar-refractivity contribution is 9.10. The van der Waals surface area contributed by atoms with Crippen molar-refractivity contribution in [1.29, 1.82) is 0 Å². The van der Waals surface area contributed by atoms with E-state index >= 15 is 0 Å². The summed E-state index contributed by atoms with van der Waals surface area (Å²) in [6.45, 7) is 0.737. The third kappa shape index (κ3) is 1.63. The van der Waals surface area contributed by atoms with Crippen molar-refractivity contribution in [1.82, 2.24) is 0 Å². The maximum absolute atomic E-state index is 5.92. The molecule has 13 heavy (non-hydrogen) atoms. The Morgan fingerprint density at radius 3 is 2.62 bits per heavy atom. The number of halogens is 2. The van der Waals surface area contributed by atoms with Crippen LogP contribution in [0.4, 0.5) is 0 Å². The Kier molecular flexibility index (Phi) is 2.39. The predicted molar refractivity (Wildman–Crippen MR) is 59.1 cm³/mol. The zero-order valence-electron chi connectivity index (χ0n) is 7.19. The second-order valence-electron chi connectivity index (χ2n) is 3.61. The fourth-order valence-electron chi connectivity index (χ4n) is 1.59. The van der Waals surface area contributed by atoms with Gasteiger partial charge in [-0.15, -0.1) is 0 Å². The van der Waals surface area contributed by atoms with E-state index in [1.54, 1.807) is 0 Å². The number of rotatable bonds is 2. The summed E-state index contributed by atoms with van der Waals surface area (Å²) >= 11 is 9.34. The van der Waals surface area contributed by atoms with Crippen molar-refractivity contribution >= 4 is 27.5 Å². The third-order valence-electron chi connectivity index (χ3n) is 2.78. The fraction of sp³-hybridized carbons (Fsp3) is 0.400. The number of nitrogens with two attached hydrogens (primary N) is 1. The van der Waals surface area contributed by atoms with Crippen molar-refractivity contribution in [2.24, 2.45) is 5.73 Å². The number of hydrogen-bond acceptors (Lipinski definition) is 1. The van der Waals surface area contributed by atoms with Crippen molar-refractivity contribution in [3.8, 4) is 0 Å². The van der Waals surface area contributed by atoms with Crippen LogP contribution in [-0.4, -0.2) is 6.54 Å². The molecule has 0 amide bonds. The van der Waals surface area contributed by atoms with Crippen LogP contribution in [0.1, 0.15) is 18.4 Å². The SMILES string of the molecule is NCC1(c2ccc(Cl)c(Br)c2)CC1. The monoisotopic (exact) mass is 259 g/mol. The smallest absolute Gasteiger partial charge is 0.0548 e. The second kappa shape index (κ2) is 3.26.